The van der Waals surface area contributed by atoms with Crippen LogP contribution >= 0.6 is 0 Å². The Bertz CT molecular complexity index is 1270. The van der Waals surface area contributed by atoms with Crippen molar-refractivity contribution in [3.63, 3.8) is 0 Å². The summed E-state index contributed by atoms with van der Waals surface area (Å²) in [4.78, 5) is 4.26. The van der Waals surface area contributed by atoms with Crippen LogP contribution in [0, 0.1) is 6.92 Å². The number of rotatable bonds is 16. The molecule has 0 spiro atoms. The molecular formula is C30H40N2O7S. The molecule has 1 aliphatic heterocycles. The van der Waals surface area contributed by atoms with Crippen LogP contribution in [0.15, 0.2) is 66.1 Å². The Morgan fingerprint density at radius 1 is 1.05 bits per heavy atom. The minimum atomic E-state index is -3.90. The first-order valence-electron chi connectivity index (χ1n) is 13.9. The maximum atomic E-state index is 12.7. The number of hydrogen-bond acceptors (Lipinski definition) is 8. The molecule has 0 aliphatic carbocycles. The highest BCUT2D eigenvalue weighted by atomic mass is 32.2. The first kappa shape index (κ1) is 30.0. The average molecular weight is 573 g/mol. The molecule has 3 aromatic rings. The van der Waals surface area contributed by atoms with Gasteiger partial charge in [0.1, 0.15) is 17.6 Å². The molecule has 0 bridgehead atoms. The number of hydrogen-bond donors (Lipinski definition) is 0. The Kier molecular flexibility index (Phi) is 10.6. The Morgan fingerprint density at radius 2 is 1.75 bits per heavy atom. The van der Waals surface area contributed by atoms with Gasteiger partial charge in [0.15, 0.2) is 5.79 Å². The Morgan fingerprint density at radius 3 is 2.38 bits per heavy atom. The van der Waals surface area contributed by atoms with Gasteiger partial charge in [0.25, 0.3) is 10.1 Å². The van der Waals surface area contributed by atoms with E-state index >= 15 is 0 Å². The van der Waals surface area contributed by atoms with Crippen molar-refractivity contribution >= 4 is 10.1 Å². The predicted molar refractivity (Wildman–Crippen MR) is 151 cm³/mol. The zero-order valence-electron chi connectivity index (χ0n) is 23.6. The van der Waals surface area contributed by atoms with E-state index in [9.17, 15) is 8.42 Å². The average Bonchev–Trinajstić information content (AvgIpc) is 3.60. The van der Waals surface area contributed by atoms with Crippen LogP contribution in [-0.2, 0) is 36.7 Å². The van der Waals surface area contributed by atoms with Crippen molar-refractivity contribution < 1.29 is 31.5 Å². The third-order valence-corrected chi connectivity index (χ3v) is 7.82. The molecule has 1 aromatic heterocycles. The van der Waals surface area contributed by atoms with Gasteiger partial charge in [-0.15, -0.1) is 0 Å². The van der Waals surface area contributed by atoms with E-state index in [2.05, 4.69) is 31.0 Å². The fourth-order valence-electron chi connectivity index (χ4n) is 4.53. The summed E-state index contributed by atoms with van der Waals surface area (Å²) in [6.07, 6.45) is 8.74. The van der Waals surface area contributed by atoms with E-state index in [0.717, 1.165) is 48.3 Å². The lowest BCUT2D eigenvalue weighted by Gasteiger charge is -2.28. The molecule has 1 aliphatic rings. The van der Waals surface area contributed by atoms with Crippen molar-refractivity contribution in [1.29, 1.82) is 0 Å². The number of imidazole rings is 1. The fourth-order valence-corrected chi connectivity index (χ4v) is 5.47. The van der Waals surface area contributed by atoms with Crippen molar-refractivity contribution in [1.82, 2.24) is 9.55 Å². The van der Waals surface area contributed by atoms with Crippen LogP contribution in [0.5, 0.6) is 11.5 Å². The monoisotopic (exact) mass is 572 g/mol. The van der Waals surface area contributed by atoms with Crippen LogP contribution in [0.1, 0.15) is 50.7 Å². The highest BCUT2D eigenvalue weighted by molar-refractivity contribution is 7.86. The number of benzene rings is 2. The topological polar surface area (TPSA) is 98.1 Å². The molecule has 0 unspecified atom stereocenters. The Balaban J connectivity index is 1.40. The lowest BCUT2D eigenvalue weighted by atomic mass is 10.0. The van der Waals surface area contributed by atoms with Crippen molar-refractivity contribution in [3.05, 3.63) is 72.3 Å². The third-order valence-electron chi connectivity index (χ3n) is 6.52. The number of aromatic nitrogens is 2. The zero-order valence-corrected chi connectivity index (χ0v) is 24.4. The molecule has 40 heavy (non-hydrogen) atoms. The Labute approximate surface area is 237 Å². The second-order valence-electron chi connectivity index (χ2n) is 10.1. The molecule has 2 atom stereocenters. The van der Waals surface area contributed by atoms with E-state index in [-0.39, 0.29) is 18.1 Å². The molecule has 0 N–H and O–H groups in total. The summed E-state index contributed by atoms with van der Waals surface area (Å²) in [5.74, 6) is 0.679. The molecule has 0 radical (unpaired) electrons. The van der Waals surface area contributed by atoms with Crippen LogP contribution in [0.2, 0.25) is 0 Å². The van der Waals surface area contributed by atoms with Crippen LogP contribution < -0.4 is 9.47 Å². The minimum absolute atomic E-state index is 0.120. The van der Waals surface area contributed by atoms with E-state index in [4.69, 9.17) is 23.1 Å². The predicted octanol–water partition coefficient (Wildman–Crippen LogP) is 5.31. The number of ether oxygens (including phenoxy) is 4. The molecule has 10 heteroatoms. The van der Waals surface area contributed by atoms with E-state index in [0.29, 0.717) is 26.2 Å². The summed E-state index contributed by atoms with van der Waals surface area (Å²) in [6.45, 7) is 7.89. The molecule has 2 aromatic carbocycles. The molecule has 0 saturated carbocycles. The van der Waals surface area contributed by atoms with E-state index in [1.54, 1.807) is 36.8 Å². The molecule has 218 valence electrons. The zero-order chi connectivity index (χ0) is 28.4. The van der Waals surface area contributed by atoms with Gasteiger partial charge in [-0.05, 0) is 62.4 Å². The normalized spacial score (nSPS) is 19.1. The van der Waals surface area contributed by atoms with Crippen molar-refractivity contribution in [2.75, 3.05) is 26.4 Å². The van der Waals surface area contributed by atoms with E-state index < -0.39 is 22.0 Å². The second kappa shape index (κ2) is 14.1. The van der Waals surface area contributed by atoms with E-state index in [1.807, 2.05) is 23.8 Å². The summed E-state index contributed by atoms with van der Waals surface area (Å²) in [5.41, 5.74) is 2.08. The molecular weight excluding hydrogens is 532 g/mol. The summed E-state index contributed by atoms with van der Waals surface area (Å²) in [5, 5.41) is 0. The van der Waals surface area contributed by atoms with Gasteiger partial charge in [-0.1, -0.05) is 31.5 Å². The van der Waals surface area contributed by atoms with Crippen molar-refractivity contribution in [2.45, 2.75) is 76.2 Å². The van der Waals surface area contributed by atoms with Gasteiger partial charge in [0, 0.05) is 24.9 Å². The van der Waals surface area contributed by atoms with Crippen LogP contribution in [0.3, 0.4) is 0 Å². The molecule has 1 saturated heterocycles. The minimum Gasteiger partial charge on any atom is -0.493 e. The van der Waals surface area contributed by atoms with Gasteiger partial charge < -0.3 is 23.5 Å². The number of nitrogens with zero attached hydrogens (tertiary/aromatic N) is 2. The van der Waals surface area contributed by atoms with Crippen LogP contribution in [-0.4, -0.2) is 56.3 Å². The van der Waals surface area contributed by atoms with Gasteiger partial charge in [-0.25, -0.2) is 4.98 Å². The van der Waals surface area contributed by atoms with Crippen molar-refractivity contribution in [2.24, 2.45) is 0 Å². The highest BCUT2D eigenvalue weighted by Crippen LogP contribution is 2.33. The van der Waals surface area contributed by atoms with Gasteiger partial charge in [-0.3, -0.25) is 4.18 Å². The van der Waals surface area contributed by atoms with E-state index in [1.165, 1.54) is 0 Å². The third kappa shape index (κ3) is 8.54. The van der Waals surface area contributed by atoms with Crippen LogP contribution in [0.25, 0.3) is 0 Å². The second-order valence-corrected chi connectivity index (χ2v) is 11.7. The maximum absolute atomic E-state index is 12.7. The van der Waals surface area contributed by atoms with Crippen LogP contribution in [0.4, 0.5) is 0 Å². The van der Waals surface area contributed by atoms with Gasteiger partial charge in [-0.2, -0.15) is 8.42 Å². The first-order chi connectivity index (χ1) is 19.3. The maximum Gasteiger partial charge on any atom is 0.297 e. The quantitative estimate of drug-likeness (QED) is 0.213. The SMILES string of the molecule is CCCOc1cc(CCC[C@]2(Cn3ccnc3)OC[C@H](COS(=O)(=O)c3ccc(C)cc3)O2)cc(OCCC)c1. The molecule has 4 rings (SSSR count). The lowest BCUT2D eigenvalue weighted by Crippen LogP contribution is -2.37. The summed E-state index contributed by atoms with van der Waals surface area (Å²) >= 11 is 0. The first-order valence-corrected chi connectivity index (χ1v) is 15.3. The number of aryl methyl sites for hydroxylation is 2. The molecule has 0 amide bonds. The molecule has 9 nitrogen and oxygen atoms in total. The van der Waals surface area contributed by atoms with Gasteiger partial charge in [0.05, 0.1) is 44.2 Å². The lowest BCUT2D eigenvalue weighted by molar-refractivity contribution is -0.185. The smallest absolute Gasteiger partial charge is 0.297 e. The van der Waals surface area contributed by atoms with Gasteiger partial charge in [0.2, 0.25) is 0 Å². The van der Waals surface area contributed by atoms with Crippen molar-refractivity contribution in [3.8, 4) is 11.5 Å². The summed E-state index contributed by atoms with van der Waals surface area (Å²) in [7, 11) is -3.90. The summed E-state index contributed by atoms with van der Waals surface area (Å²) in [6, 6.07) is 12.6. The Hall–Kier alpha value is -2.92. The molecule has 1 fully saturated rings. The fraction of sp³-hybridized carbons (Fsp3) is 0.500. The highest BCUT2D eigenvalue weighted by Gasteiger charge is 2.42. The largest absolute Gasteiger partial charge is 0.493 e. The molecule has 2 heterocycles. The van der Waals surface area contributed by atoms with Gasteiger partial charge >= 0.3 is 0 Å². The standard InChI is InChI=1S/C30H40N2O7S/c1-4-15-35-26-17-25(18-27(19-26)36-16-5-2)7-6-12-30(22-32-14-13-31-23-32)37-20-28(39-30)21-38-40(33,34)29-10-8-24(3)9-11-29/h8-11,13-14,17-19,23,28H,4-7,12,15-16,20-22H2,1-3H3/t28-,30+/m1/s1. The summed E-state index contributed by atoms with van der Waals surface area (Å²) < 4.78 is 57.0.